The molecule has 7 heteroatoms. The highest BCUT2D eigenvalue weighted by atomic mass is 32.2. The number of hydrogen-bond donors (Lipinski definition) is 2. The molecule has 4 rings (SSSR count). The Morgan fingerprint density at radius 3 is 2.31 bits per heavy atom. The van der Waals surface area contributed by atoms with Crippen LogP contribution < -0.4 is 16.0 Å². The first kappa shape index (κ1) is 24.5. The fraction of sp³-hybridized carbons (Fsp3) is 0.250. The summed E-state index contributed by atoms with van der Waals surface area (Å²) in [4.78, 5) is 14.6. The molecule has 1 aliphatic heterocycles. The number of anilines is 2. The van der Waals surface area contributed by atoms with Gasteiger partial charge in [-0.3, -0.25) is 4.79 Å². The van der Waals surface area contributed by atoms with Crippen LogP contribution in [0.2, 0.25) is 0 Å². The Morgan fingerprint density at radius 2 is 1.71 bits per heavy atom. The van der Waals surface area contributed by atoms with Crippen LogP contribution >= 0.6 is 0 Å². The number of fused-ring (bicyclic) bond motifs is 1. The van der Waals surface area contributed by atoms with Crippen LogP contribution in [0, 0.1) is 11.8 Å². The number of nitrogens with zero attached hydrogens (tertiary/aromatic N) is 1. The molecule has 1 heterocycles. The van der Waals surface area contributed by atoms with Crippen molar-refractivity contribution in [1.82, 2.24) is 0 Å². The summed E-state index contributed by atoms with van der Waals surface area (Å²) in [6, 6.07) is 20.9. The standard InChI is InChI=1S/C28H29N3O3S/c1-19-17-27(30-24-11-6-21(7-12-24)5-4-16-29)26-18-23(10-15-28(26)31(19)20(2)32)22-8-13-25(14-9-22)35(3,33)34/h6-15,18-19,27,30H,16-17,29H2,1-3H3/t19-,27+/m0/s1. The van der Waals surface area contributed by atoms with Crippen LogP contribution in [-0.4, -0.2) is 33.2 Å². The number of rotatable bonds is 4. The van der Waals surface area contributed by atoms with Gasteiger partial charge in [0.15, 0.2) is 9.84 Å². The molecule has 0 spiro atoms. The van der Waals surface area contributed by atoms with Crippen molar-refractivity contribution in [1.29, 1.82) is 0 Å². The molecular weight excluding hydrogens is 458 g/mol. The third kappa shape index (κ3) is 5.40. The Kier molecular flexibility index (Phi) is 6.97. The Balaban J connectivity index is 1.71. The number of hydrogen-bond acceptors (Lipinski definition) is 5. The zero-order valence-electron chi connectivity index (χ0n) is 20.1. The number of nitrogens with two attached hydrogens (primary N) is 1. The highest BCUT2D eigenvalue weighted by Gasteiger charge is 2.32. The quantitative estimate of drug-likeness (QED) is 0.534. The first-order valence-corrected chi connectivity index (χ1v) is 13.4. The summed E-state index contributed by atoms with van der Waals surface area (Å²) in [7, 11) is -3.26. The van der Waals surface area contributed by atoms with Crippen molar-refractivity contribution in [2.24, 2.45) is 5.73 Å². The average molecular weight is 488 g/mol. The molecule has 6 nitrogen and oxygen atoms in total. The molecule has 0 unspecified atom stereocenters. The van der Waals surface area contributed by atoms with Crippen molar-refractivity contribution in [2.75, 3.05) is 23.0 Å². The van der Waals surface area contributed by atoms with E-state index in [4.69, 9.17) is 5.73 Å². The molecule has 0 fully saturated rings. The summed E-state index contributed by atoms with van der Waals surface area (Å²) in [6.07, 6.45) is 1.95. The predicted molar refractivity (Wildman–Crippen MR) is 141 cm³/mol. The molecule has 2 atom stereocenters. The minimum atomic E-state index is -3.26. The van der Waals surface area contributed by atoms with E-state index in [1.54, 1.807) is 19.1 Å². The van der Waals surface area contributed by atoms with Gasteiger partial charge in [-0.15, -0.1) is 0 Å². The lowest BCUT2D eigenvalue weighted by atomic mass is 9.89. The Morgan fingerprint density at radius 1 is 1.06 bits per heavy atom. The van der Waals surface area contributed by atoms with Gasteiger partial charge >= 0.3 is 0 Å². The zero-order chi connectivity index (χ0) is 25.2. The molecule has 1 amide bonds. The van der Waals surface area contributed by atoms with E-state index in [9.17, 15) is 13.2 Å². The zero-order valence-corrected chi connectivity index (χ0v) is 20.9. The van der Waals surface area contributed by atoms with Gasteiger partial charge in [0, 0.05) is 36.2 Å². The molecule has 0 aliphatic carbocycles. The molecule has 0 bridgehead atoms. The molecule has 3 aromatic carbocycles. The van der Waals surface area contributed by atoms with Crippen LogP contribution in [0.3, 0.4) is 0 Å². The second-order valence-electron chi connectivity index (χ2n) is 8.82. The highest BCUT2D eigenvalue weighted by molar-refractivity contribution is 7.90. The molecule has 1 aliphatic rings. The number of nitrogens with one attached hydrogen (secondary N) is 1. The minimum absolute atomic E-state index is 0.00489. The van der Waals surface area contributed by atoms with Crippen molar-refractivity contribution in [3.05, 3.63) is 77.9 Å². The van der Waals surface area contributed by atoms with E-state index in [-0.39, 0.29) is 22.9 Å². The predicted octanol–water partition coefficient (Wildman–Crippen LogP) is 4.37. The SMILES string of the molecule is CC(=O)N1c2ccc(-c3ccc(S(C)(=O)=O)cc3)cc2[C@H](Nc2ccc(C#CCN)cc2)C[C@@H]1C. The Labute approximate surface area is 207 Å². The number of carbonyl (C=O) groups excluding carboxylic acids is 1. The van der Waals surface area contributed by atoms with Crippen LogP contribution in [0.25, 0.3) is 11.1 Å². The van der Waals surface area contributed by atoms with Crippen LogP contribution in [0.4, 0.5) is 11.4 Å². The van der Waals surface area contributed by atoms with Gasteiger partial charge in [-0.25, -0.2) is 8.42 Å². The van der Waals surface area contributed by atoms with Crippen LogP contribution in [0.5, 0.6) is 0 Å². The van der Waals surface area contributed by atoms with E-state index >= 15 is 0 Å². The smallest absolute Gasteiger partial charge is 0.224 e. The van der Waals surface area contributed by atoms with Crippen molar-refractivity contribution in [3.63, 3.8) is 0 Å². The third-order valence-electron chi connectivity index (χ3n) is 6.20. The van der Waals surface area contributed by atoms with E-state index in [1.165, 1.54) is 6.26 Å². The molecule has 3 N–H and O–H groups in total. The Hall–Kier alpha value is -3.60. The van der Waals surface area contributed by atoms with Gasteiger partial charge in [-0.1, -0.05) is 30.0 Å². The molecule has 0 saturated carbocycles. The number of benzene rings is 3. The van der Waals surface area contributed by atoms with Gasteiger partial charge in [-0.2, -0.15) is 0 Å². The fourth-order valence-corrected chi connectivity index (χ4v) is 5.19. The van der Waals surface area contributed by atoms with Crippen molar-refractivity contribution in [2.45, 2.75) is 37.2 Å². The topological polar surface area (TPSA) is 92.5 Å². The van der Waals surface area contributed by atoms with Gasteiger partial charge in [0.05, 0.1) is 17.5 Å². The normalized spacial score (nSPS) is 17.2. The van der Waals surface area contributed by atoms with E-state index < -0.39 is 9.84 Å². The summed E-state index contributed by atoms with van der Waals surface area (Å²) in [5.41, 5.74) is 11.1. The second-order valence-corrected chi connectivity index (χ2v) is 10.8. The lowest BCUT2D eigenvalue weighted by Crippen LogP contribution is -2.43. The van der Waals surface area contributed by atoms with Gasteiger partial charge in [-0.05, 0) is 78.6 Å². The average Bonchev–Trinajstić information content (AvgIpc) is 2.82. The molecule has 35 heavy (non-hydrogen) atoms. The summed E-state index contributed by atoms with van der Waals surface area (Å²) in [5, 5.41) is 3.63. The third-order valence-corrected chi connectivity index (χ3v) is 7.32. The van der Waals surface area contributed by atoms with Crippen molar-refractivity contribution in [3.8, 4) is 23.0 Å². The lowest BCUT2D eigenvalue weighted by Gasteiger charge is -2.39. The summed E-state index contributed by atoms with van der Waals surface area (Å²) in [6.45, 7) is 3.97. The van der Waals surface area contributed by atoms with Crippen molar-refractivity contribution >= 4 is 27.1 Å². The van der Waals surface area contributed by atoms with Gasteiger partial charge < -0.3 is 16.0 Å². The first-order chi connectivity index (χ1) is 16.7. The molecule has 180 valence electrons. The molecule has 0 saturated heterocycles. The number of amides is 1. The molecular formula is C28H29N3O3S. The highest BCUT2D eigenvalue weighted by Crippen LogP contribution is 2.41. The minimum Gasteiger partial charge on any atom is -0.378 e. The van der Waals surface area contributed by atoms with E-state index in [0.29, 0.717) is 6.54 Å². The first-order valence-electron chi connectivity index (χ1n) is 11.5. The van der Waals surface area contributed by atoms with Crippen LogP contribution in [-0.2, 0) is 14.6 Å². The monoisotopic (exact) mass is 487 g/mol. The maximum absolute atomic E-state index is 12.5. The summed E-state index contributed by atoms with van der Waals surface area (Å²) >= 11 is 0. The van der Waals surface area contributed by atoms with E-state index in [0.717, 1.165) is 40.0 Å². The molecule has 3 aromatic rings. The summed E-state index contributed by atoms with van der Waals surface area (Å²) < 4.78 is 23.7. The molecule has 0 aromatic heterocycles. The van der Waals surface area contributed by atoms with Gasteiger partial charge in [0.1, 0.15) is 0 Å². The van der Waals surface area contributed by atoms with Gasteiger partial charge in [0.2, 0.25) is 5.91 Å². The maximum Gasteiger partial charge on any atom is 0.224 e. The largest absolute Gasteiger partial charge is 0.378 e. The van der Waals surface area contributed by atoms with E-state index in [2.05, 4.69) is 30.1 Å². The Bertz CT molecular complexity index is 1400. The maximum atomic E-state index is 12.5. The van der Waals surface area contributed by atoms with Crippen molar-refractivity contribution < 1.29 is 13.2 Å². The van der Waals surface area contributed by atoms with Crippen LogP contribution in [0.1, 0.15) is 37.4 Å². The number of carbonyl (C=O) groups is 1. The van der Waals surface area contributed by atoms with E-state index in [1.807, 2.05) is 53.4 Å². The number of sulfone groups is 1. The second kappa shape index (κ2) is 9.95. The summed E-state index contributed by atoms with van der Waals surface area (Å²) in [5.74, 6) is 5.89. The lowest BCUT2D eigenvalue weighted by molar-refractivity contribution is -0.117. The molecule has 0 radical (unpaired) electrons. The fourth-order valence-electron chi connectivity index (χ4n) is 4.56. The van der Waals surface area contributed by atoms with Gasteiger partial charge in [0.25, 0.3) is 0 Å². The van der Waals surface area contributed by atoms with Crippen LogP contribution in [0.15, 0.2) is 71.6 Å².